The number of hydrogen-bond acceptors (Lipinski definition) is 4. The Morgan fingerprint density at radius 3 is 2.81 bits per heavy atom. The Balaban J connectivity index is 1.56. The predicted octanol–water partition coefficient (Wildman–Crippen LogP) is 3.84. The molecule has 1 saturated heterocycles. The van der Waals surface area contributed by atoms with Crippen LogP contribution in [0.3, 0.4) is 0 Å². The minimum absolute atomic E-state index is 0.129. The van der Waals surface area contributed by atoms with E-state index in [0.29, 0.717) is 29.2 Å². The third-order valence-corrected chi connectivity index (χ3v) is 4.47. The number of carbonyl (C=O) groups is 1. The van der Waals surface area contributed by atoms with Crippen molar-refractivity contribution in [1.29, 1.82) is 0 Å². The summed E-state index contributed by atoms with van der Waals surface area (Å²) in [5, 5.41) is 3.94. The molecular weight excluding hydrogens is 340 g/mol. The van der Waals surface area contributed by atoms with Crippen molar-refractivity contribution >= 4 is 11.6 Å². The van der Waals surface area contributed by atoms with Crippen LogP contribution < -0.4 is 4.90 Å². The number of hydrogen-bond donors (Lipinski definition) is 0. The van der Waals surface area contributed by atoms with E-state index < -0.39 is 5.82 Å². The summed E-state index contributed by atoms with van der Waals surface area (Å²) in [7, 11) is 0. The largest absolute Gasteiger partial charge is 0.334 e. The molecule has 1 aliphatic rings. The monoisotopic (exact) mass is 355 g/mol. The third-order valence-electron chi connectivity index (χ3n) is 4.47. The number of benzene rings is 2. The van der Waals surface area contributed by atoms with Crippen LogP contribution in [-0.2, 0) is 4.79 Å². The van der Waals surface area contributed by atoms with Crippen LogP contribution in [0.2, 0.25) is 0 Å². The molecule has 1 atom stereocenters. The van der Waals surface area contributed by atoms with Crippen molar-refractivity contribution in [3.05, 3.63) is 65.5 Å². The van der Waals surface area contributed by atoms with Gasteiger partial charge in [-0.05, 0) is 42.8 Å². The van der Waals surface area contributed by atoms with E-state index in [4.69, 9.17) is 4.52 Å². The average Bonchev–Trinajstić information content (AvgIpc) is 3.24. The molecule has 5 nitrogen and oxygen atoms in total. The van der Waals surface area contributed by atoms with Crippen LogP contribution in [0.1, 0.15) is 23.7 Å². The fraction of sp³-hybridized carbons (Fsp3) is 0.211. The Kier molecular flexibility index (Phi) is 3.99. The number of rotatable bonds is 3. The smallest absolute Gasteiger partial charge is 0.258 e. The molecule has 2 heterocycles. The normalized spacial score (nSPS) is 17.1. The first-order valence-corrected chi connectivity index (χ1v) is 8.17. The molecule has 4 rings (SSSR count). The van der Waals surface area contributed by atoms with E-state index in [1.54, 1.807) is 31.2 Å². The summed E-state index contributed by atoms with van der Waals surface area (Å²) in [6.45, 7) is 2.00. The maximum absolute atomic E-state index is 13.8. The summed E-state index contributed by atoms with van der Waals surface area (Å²) in [6.07, 6.45) is 0.206. The van der Waals surface area contributed by atoms with E-state index in [-0.39, 0.29) is 30.0 Å². The minimum atomic E-state index is -0.397. The molecule has 0 aliphatic carbocycles. The van der Waals surface area contributed by atoms with E-state index in [1.165, 1.54) is 23.1 Å². The lowest BCUT2D eigenvalue weighted by Gasteiger charge is -2.16. The van der Waals surface area contributed by atoms with Gasteiger partial charge in [-0.15, -0.1) is 0 Å². The lowest BCUT2D eigenvalue weighted by atomic mass is 10.1. The summed E-state index contributed by atoms with van der Waals surface area (Å²) >= 11 is 0. The molecule has 0 saturated carbocycles. The van der Waals surface area contributed by atoms with Gasteiger partial charge in [0.15, 0.2) is 5.82 Å². The first kappa shape index (κ1) is 16.4. The van der Waals surface area contributed by atoms with Crippen LogP contribution in [0, 0.1) is 18.6 Å². The number of halogens is 2. The number of aromatic nitrogens is 2. The van der Waals surface area contributed by atoms with Gasteiger partial charge in [0.2, 0.25) is 5.91 Å². The Hall–Kier alpha value is -3.09. The van der Waals surface area contributed by atoms with Crippen molar-refractivity contribution in [3.8, 4) is 11.5 Å². The summed E-state index contributed by atoms with van der Waals surface area (Å²) in [4.78, 5) is 18.2. The Morgan fingerprint density at radius 1 is 1.19 bits per heavy atom. The van der Waals surface area contributed by atoms with Crippen molar-refractivity contribution in [2.45, 2.75) is 19.3 Å². The Bertz CT molecular complexity index is 986. The SMILES string of the molecule is Cc1ccc(N2CC(c3noc(-c4cccc(F)c4)n3)CC2=O)cc1F. The fourth-order valence-electron chi connectivity index (χ4n) is 3.02. The molecule has 1 fully saturated rings. The van der Waals surface area contributed by atoms with Gasteiger partial charge in [-0.2, -0.15) is 4.98 Å². The average molecular weight is 355 g/mol. The topological polar surface area (TPSA) is 59.2 Å². The highest BCUT2D eigenvalue weighted by Crippen LogP contribution is 2.32. The van der Waals surface area contributed by atoms with Crippen molar-refractivity contribution in [1.82, 2.24) is 10.1 Å². The van der Waals surface area contributed by atoms with Crippen molar-refractivity contribution in [2.75, 3.05) is 11.4 Å². The molecule has 132 valence electrons. The lowest BCUT2D eigenvalue weighted by molar-refractivity contribution is -0.117. The van der Waals surface area contributed by atoms with Gasteiger partial charge in [0, 0.05) is 30.1 Å². The maximum Gasteiger partial charge on any atom is 0.258 e. The highest BCUT2D eigenvalue weighted by molar-refractivity contribution is 5.96. The predicted molar refractivity (Wildman–Crippen MR) is 90.5 cm³/mol. The van der Waals surface area contributed by atoms with Crippen molar-refractivity contribution < 1.29 is 18.1 Å². The highest BCUT2D eigenvalue weighted by atomic mass is 19.1. The molecule has 1 amide bonds. The van der Waals surface area contributed by atoms with Gasteiger partial charge in [-0.25, -0.2) is 8.78 Å². The number of carbonyl (C=O) groups excluding carboxylic acids is 1. The van der Waals surface area contributed by atoms with E-state index in [0.717, 1.165) is 0 Å². The Morgan fingerprint density at radius 2 is 2.04 bits per heavy atom. The second kappa shape index (κ2) is 6.33. The van der Waals surface area contributed by atoms with E-state index >= 15 is 0 Å². The van der Waals surface area contributed by atoms with Gasteiger partial charge < -0.3 is 9.42 Å². The maximum atomic E-state index is 13.8. The van der Waals surface area contributed by atoms with Crippen LogP contribution in [-0.4, -0.2) is 22.6 Å². The molecule has 1 unspecified atom stereocenters. The molecule has 0 N–H and O–H groups in total. The molecular formula is C19H15F2N3O2. The van der Waals surface area contributed by atoms with Gasteiger partial charge >= 0.3 is 0 Å². The number of anilines is 1. The van der Waals surface area contributed by atoms with E-state index in [9.17, 15) is 13.6 Å². The second-order valence-electron chi connectivity index (χ2n) is 6.31. The zero-order chi connectivity index (χ0) is 18.3. The molecule has 2 aromatic carbocycles. The molecule has 0 spiro atoms. The van der Waals surface area contributed by atoms with Gasteiger partial charge in [0.1, 0.15) is 11.6 Å². The summed E-state index contributed by atoms with van der Waals surface area (Å²) < 4.78 is 32.3. The van der Waals surface area contributed by atoms with Crippen LogP contribution in [0.5, 0.6) is 0 Å². The number of nitrogens with zero attached hydrogens (tertiary/aromatic N) is 3. The molecule has 1 aliphatic heterocycles. The first-order valence-electron chi connectivity index (χ1n) is 8.17. The lowest BCUT2D eigenvalue weighted by Crippen LogP contribution is -2.24. The van der Waals surface area contributed by atoms with Crippen LogP contribution in [0.15, 0.2) is 47.0 Å². The molecule has 7 heteroatoms. The van der Waals surface area contributed by atoms with Gasteiger partial charge in [0.25, 0.3) is 5.89 Å². The summed E-state index contributed by atoms with van der Waals surface area (Å²) in [5.74, 6) is -0.565. The van der Waals surface area contributed by atoms with Gasteiger partial charge in [0.05, 0.1) is 0 Å². The van der Waals surface area contributed by atoms with Gasteiger partial charge in [-0.3, -0.25) is 4.79 Å². The standard InChI is InChI=1S/C19H15F2N3O2/c1-11-5-6-15(9-16(11)21)24-10-13(8-17(24)25)18-22-19(26-23-18)12-3-2-4-14(20)7-12/h2-7,9,13H,8,10H2,1H3. The van der Waals surface area contributed by atoms with Gasteiger partial charge in [-0.1, -0.05) is 17.3 Å². The zero-order valence-corrected chi connectivity index (χ0v) is 13.9. The summed E-state index contributed by atoms with van der Waals surface area (Å²) in [6, 6.07) is 10.6. The number of aryl methyl sites for hydroxylation is 1. The molecule has 0 radical (unpaired) electrons. The molecule has 0 bridgehead atoms. The third kappa shape index (κ3) is 2.96. The Labute approximate surface area is 148 Å². The van der Waals surface area contributed by atoms with Crippen molar-refractivity contribution in [2.24, 2.45) is 0 Å². The van der Waals surface area contributed by atoms with Crippen LogP contribution in [0.4, 0.5) is 14.5 Å². The van der Waals surface area contributed by atoms with Crippen LogP contribution in [0.25, 0.3) is 11.5 Å². The van der Waals surface area contributed by atoms with Crippen molar-refractivity contribution in [3.63, 3.8) is 0 Å². The molecule has 3 aromatic rings. The first-order chi connectivity index (χ1) is 12.5. The second-order valence-corrected chi connectivity index (χ2v) is 6.31. The zero-order valence-electron chi connectivity index (χ0n) is 13.9. The van der Waals surface area contributed by atoms with E-state index in [1.807, 2.05) is 0 Å². The van der Waals surface area contributed by atoms with E-state index in [2.05, 4.69) is 10.1 Å². The fourth-order valence-corrected chi connectivity index (χ4v) is 3.02. The molecule has 26 heavy (non-hydrogen) atoms. The minimum Gasteiger partial charge on any atom is -0.334 e. The highest BCUT2D eigenvalue weighted by Gasteiger charge is 2.34. The summed E-state index contributed by atoms with van der Waals surface area (Å²) in [5.41, 5.74) is 1.51. The molecule has 1 aromatic heterocycles. The number of amides is 1. The quantitative estimate of drug-likeness (QED) is 0.716. The van der Waals surface area contributed by atoms with Crippen LogP contribution >= 0.6 is 0 Å².